The van der Waals surface area contributed by atoms with Crippen LogP contribution in [0.2, 0.25) is 0 Å². The molecular weight excluding hydrogens is 258 g/mol. The first-order valence-corrected chi connectivity index (χ1v) is 6.72. The molecule has 6 nitrogen and oxygen atoms in total. The number of hydrogen-bond acceptors (Lipinski definition) is 3. The molecule has 0 saturated carbocycles. The van der Waals surface area contributed by atoms with Crippen LogP contribution in [0, 0.1) is 11.8 Å². The van der Waals surface area contributed by atoms with Crippen molar-refractivity contribution in [1.29, 1.82) is 0 Å². The molecule has 2 atom stereocenters. The van der Waals surface area contributed by atoms with Gasteiger partial charge in [0, 0.05) is 12.2 Å². The van der Waals surface area contributed by atoms with Gasteiger partial charge in [0.2, 0.25) is 5.91 Å². The number of carboxylic acids is 1. The van der Waals surface area contributed by atoms with Crippen LogP contribution in [0.25, 0.3) is 0 Å². The Hall–Kier alpha value is -2.11. The number of carbonyl (C=O) groups is 2. The number of nitrogens with one attached hydrogen (secondary N) is 1. The van der Waals surface area contributed by atoms with Crippen LogP contribution >= 0.6 is 0 Å². The maximum absolute atomic E-state index is 12.2. The van der Waals surface area contributed by atoms with Gasteiger partial charge in [-0.15, -0.1) is 0 Å². The fourth-order valence-corrected chi connectivity index (χ4v) is 2.30. The molecule has 108 valence electrons. The quantitative estimate of drug-likeness (QED) is 0.825. The molecule has 0 aromatic carbocycles. The molecule has 0 unspecified atom stereocenters. The van der Waals surface area contributed by atoms with Crippen molar-refractivity contribution < 1.29 is 14.7 Å². The highest BCUT2D eigenvalue weighted by Gasteiger charge is 2.34. The summed E-state index contributed by atoms with van der Waals surface area (Å²) in [5.74, 6) is -2.36. The lowest BCUT2D eigenvalue weighted by Crippen LogP contribution is -2.34. The van der Waals surface area contributed by atoms with Gasteiger partial charge in [0.05, 0.1) is 23.7 Å². The average Bonchev–Trinajstić information content (AvgIpc) is 2.87. The fourth-order valence-electron chi connectivity index (χ4n) is 2.30. The molecule has 20 heavy (non-hydrogen) atoms. The molecule has 1 amide bonds. The van der Waals surface area contributed by atoms with E-state index in [0.29, 0.717) is 18.5 Å². The van der Waals surface area contributed by atoms with Gasteiger partial charge < -0.3 is 10.4 Å². The number of rotatable bonds is 4. The van der Waals surface area contributed by atoms with Gasteiger partial charge in [-0.05, 0) is 26.7 Å². The van der Waals surface area contributed by atoms with E-state index in [1.807, 2.05) is 26.0 Å². The molecule has 0 bridgehead atoms. The van der Waals surface area contributed by atoms with Gasteiger partial charge in [-0.25, -0.2) is 0 Å². The number of amides is 1. The monoisotopic (exact) mass is 277 g/mol. The van der Waals surface area contributed by atoms with E-state index in [1.54, 1.807) is 17.1 Å². The predicted octanol–water partition coefficient (Wildman–Crippen LogP) is 2.07. The van der Waals surface area contributed by atoms with Crippen LogP contribution in [0.3, 0.4) is 0 Å². The Bertz CT molecular complexity index is 534. The topological polar surface area (TPSA) is 84.2 Å². The first-order valence-electron chi connectivity index (χ1n) is 6.72. The van der Waals surface area contributed by atoms with Crippen LogP contribution in [0.1, 0.15) is 32.7 Å². The van der Waals surface area contributed by atoms with Crippen LogP contribution in [0.5, 0.6) is 0 Å². The third kappa shape index (κ3) is 3.07. The molecule has 0 aliphatic heterocycles. The van der Waals surface area contributed by atoms with Gasteiger partial charge in [-0.3, -0.25) is 14.3 Å². The molecule has 6 heteroatoms. The Morgan fingerprint density at radius 2 is 2.00 bits per heavy atom. The standard InChI is InChI=1S/C14H19N3O3/c1-9(2)17-8-10(7-15-17)16-13(18)11-5-3-4-6-12(11)14(19)20/h3-4,7-9,11-12H,5-6H2,1-2H3,(H,16,18)(H,19,20)/t11-,12+/m1/s1. The lowest BCUT2D eigenvalue weighted by atomic mass is 9.82. The summed E-state index contributed by atoms with van der Waals surface area (Å²) in [6.07, 6.45) is 7.86. The fraction of sp³-hybridized carbons (Fsp3) is 0.500. The number of anilines is 1. The predicted molar refractivity (Wildman–Crippen MR) is 74.2 cm³/mol. The maximum atomic E-state index is 12.2. The van der Waals surface area contributed by atoms with Crippen molar-refractivity contribution in [3.63, 3.8) is 0 Å². The molecule has 2 N–H and O–H groups in total. The number of aromatic nitrogens is 2. The van der Waals surface area contributed by atoms with Crippen molar-refractivity contribution in [2.24, 2.45) is 11.8 Å². The highest BCUT2D eigenvalue weighted by Crippen LogP contribution is 2.27. The van der Waals surface area contributed by atoms with Gasteiger partial charge in [-0.1, -0.05) is 12.2 Å². The summed E-state index contributed by atoms with van der Waals surface area (Å²) in [6.45, 7) is 3.98. The summed E-state index contributed by atoms with van der Waals surface area (Å²) in [4.78, 5) is 23.4. The van der Waals surface area contributed by atoms with E-state index >= 15 is 0 Å². The molecule has 1 aromatic heterocycles. The van der Waals surface area contributed by atoms with Crippen molar-refractivity contribution in [3.05, 3.63) is 24.5 Å². The summed E-state index contributed by atoms with van der Waals surface area (Å²) < 4.78 is 1.74. The Balaban J connectivity index is 2.06. The minimum atomic E-state index is -0.924. The zero-order valence-corrected chi connectivity index (χ0v) is 11.6. The molecule has 0 radical (unpaired) electrons. The second-order valence-corrected chi connectivity index (χ2v) is 5.29. The van der Waals surface area contributed by atoms with Gasteiger partial charge >= 0.3 is 5.97 Å². The number of aliphatic carboxylic acids is 1. The van der Waals surface area contributed by atoms with Gasteiger partial charge in [0.1, 0.15) is 0 Å². The Labute approximate surface area is 117 Å². The van der Waals surface area contributed by atoms with Crippen molar-refractivity contribution in [2.45, 2.75) is 32.7 Å². The first-order chi connectivity index (χ1) is 9.49. The van der Waals surface area contributed by atoms with Gasteiger partial charge in [0.15, 0.2) is 0 Å². The van der Waals surface area contributed by atoms with E-state index in [1.165, 1.54) is 0 Å². The smallest absolute Gasteiger partial charge is 0.307 e. The van der Waals surface area contributed by atoms with E-state index in [-0.39, 0.29) is 11.9 Å². The van der Waals surface area contributed by atoms with E-state index < -0.39 is 17.8 Å². The van der Waals surface area contributed by atoms with E-state index in [0.717, 1.165) is 0 Å². The molecule has 1 aliphatic carbocycles. The van der Waals surface area contributed by atoms with Crippen LogP contribution < -0.4 is 5.32 Å². The Morgan fingerprint density at radius 3 is 2.55 bits per heavy atom. The lowest BCUT2D eigenvalue weighted by Gasteiger charge is -2.23. The normalized spacial score (nSPS) is 21.9. The largest absolute Gasteiger partial charge is 0.481 e. The SMILES string of the molecule is CC(C)n1cc(NC(=O)[C@@H]2CC=CC[C@@H]2C(=O)O)cn1. The summed E-state index contributed by atoms with van der Waals surface area (Å²) >= 11 is 0. The molecule has 0 saturated heterocycles. The molecule has 0 fully saturated rings. The van der Waals surface area contributed by atoms with Crippen LogP contribution in [-0.2, 0) is 9.59 Å². The number of nitrogens with zero attached hydrogens (tertiary/aromatic N) is 2. The number of carbonyl (C=O) groups excluding carboxylic acids is 1. The van der Waals surface area contributed by atoms with Gasteiger partial charge in [-0.2, -0.15) is 5.10 Å². The number of allylic oxidation sites excluding steroid dienone is 2. The zero-order valence-electron chi connectivity index (χ0n) is 11.6. The summed E-state index contributed by atoms with van der Waals surface area (Å²) in [7, 11) is 0. The second kappa shape index (κ2) is 5.90. The average molecular weight is 277 g/mol. The lowest BCUT2D eigenvalue weighted by molar-refractivity contribution is -0.146. The zero-order chi connectivity index (χ0) is 14.7. The van der Waals surface area contributed by atoms with Crippen LogP contribution in [0.4, 0.5) is 5.69 Å². The van der Waals surface area contributed by atoms with E-state index in [4.69, 9.17) is 0 Å². The summed E-state index contributed by atoms with van der Waals surface area (Å²) in [5.41, 5.74) is 0.599. The minimum Gasteiger partial charge on any atom is -0.481 e. The summed E-state index contributed by atoms with van der Waals surface area (Å²) in [6, 6.07) is 0.213. The highest BCUT2D eigenvalue weighted by molar-refractivity contribution is 5.95. The van der Waals surface area contributed by atoms with Gasteiger partial charge in [0.25, 0.3) is 0 Å². The highest BCUT2D eigenvalue weighted by atomic mass is 16.4. The third-order valence-electron chi connectivity index (χ3n) is 3.48. The first kappa shape index (κ1) is 14.3. The maximum Gasteiger partial charge on any atom is 0.307 e. The van der Waals surface area contributed by atoms with Crippen molar-refractivity contribution >= 4 is 17.6 Å². The molecular formula is C14H19N3O3. The molecule has 1 aromatic rings. The van der Waals surface area contributed by atoms with Crippen LogP contribution in [-0.4, -0.2) is 26.8 Å². The van der Waals surface area contributed by atoms with E-state index in [9.17, 15) is 14.7 Å². The Morgan fingerprint density at radius 1 is 1.35 bits per heavy atom. The molecule has 0 spiro atoms. The number of hydrogen-bond donors (Lipinski definition) is 2. The minimum absolute atomic E-state index is 0.213. The van der Waals surface area contributed by atoms with E-state index in [2.05, 4.69) is 10.4 Å². The summed E-state index contributed by atoms with van der Waals surface area (Å²) in [5, 5.41) is 16.1. The van der Waals surface area contributed by atoms with Crippen molar-refractivity contribution in [1.82, 2.24) is 9.78 Å². The number of carboxylic acid groups (broad SMARTS) is 1. The third-order valence-corrected chi connectivity index (χ3v) is 3.48. The van der Waals surface area contributed by atoms with Crippen LogP contribution in [0.15, 0.2) is 24.5 Å². The molecule has 1 aliphatic rings. The van der Waals surface area contributed by atoms with Crippen molar-refractivity contribution in [3.8, 4) is 0 Å². The Kier molecular flexibility index (Phi) is 4.22. The second-order valence-electron chi connectivity index (χ2n) is 5.29. The van der Waals surface area contributed by atoms with Crippen molar-refractivity contribution in [2.75, 3.05) is 5.32 Å². The molecule has 2 rings (SSSR count). The molecule has 1 heterocycles.